The molecule has 1 atom stereocenters. The molecule has 0 aliphatic rings. The maximum absolute atomic E-state index is 13.6. The Morgan fingerprint density at radius 1 is 0.692 bits per heavy atom. The van der Waals surface area contributed by atoms with E-state index in [1.165, 1.54) is 3.97 Å². The maximum Gasteiger partial charge on any atom is 0.268 e. The first-order chi connectivity index (χ1) is 18.6. The Morgan fingerprint density at radius 3 is 1.90 bits per heavy atom. The lowest BCUT2D eigenvalue weighted by Crippen LogP contribution is -2.29. The van der Waals surface area contributed by atoms with E-state index in [9.17, 15) is 16.8 Å². The molecule has 0 aliphatic carbocycles. The van der Waals surface area contributed by atoms with Crippen molar-refractivity contribution in [1.29, 1.82) is 0 Å². The third kappa shape index (κ3) is 5.68. The Balaban J connectivity index is 1.48. The zero-order valence-electron chi connectivity index (χ0n) is 21.8. The fraction of sp³-hybridized carbons (Fsp3) is 0.161. The Bertz CT molecular complexity index is 1810. The van der Waals surface area contributed by atoms with Crippen LogP contribution in [0.1, 0.15) is 34.7 Å². The highest BCUT2D eigenvalue weighted by molar-refractivity contribution is 7.90. The van der Waals surface area contributed by atoms with Crippen LogP contribution in [0.3, 0.4) is 0 Å². The lowest BCUT2D eigenvalue weighted by atomic mass is 9.99. The largest absolute Gasteiger partial charge is 0.268 e. The van der Waals surface area contributed by atoms with Gasteiger partial charge in [0.2, 0.25) is 10.0 Å². The minimum absolute atomic E-state index is 0.204. The Kier molecular flexibility index (Phi) is 7.44. The lowest BCUT2D eigenvalue weighted by Gasteiger charge is -2.19. The average Bonchev–Trinajstić information content (AvgIpc) is 3.31. The number of nitrogens with one attached hydrogen (secondary N) is 1. The number of aromatic nitrogens is 1. The first-order valence-corrected chi connectivity index (χ1v) is 15.6. The summed E-state index contributed by atoms with van der Waals surface area (Å²) in [5, 5.41) is 0.821. The van der Waals surface area contributed by atoms with Crippen LogP contribution >= 0.6 is 0 Å². The van der Waals surface area contributed by atoms with E-state index in [2.05, 4.69) is 4.72 Å². The lowest BCUT2D eigenvalue weighted by molar-refractivity contribution is 0.540. The van der Waals surface area contributed by atoms with Crippen LogP contribution in [0, 0.1) is 13.8 Å². The second kappa shape index (κ2) is 10.8. The Labute approximate surface area is 230 Å². The third-order valence-corrected chi connectivity index (χ3v) is 10.0. The van der Waals surface area contributed by atoms with Gasteiger partial charge in [0.05, 0.1) is 15.3 Å². The van der Waals surface area contributed by atoms with Crippen LogP contribution in [0.2, 0.25) is 0 Å². The SMILES string of the molecule is Cc1ccc(S(=O)(=O)NC(CCc2cn(S(=O)(=O)c3ccc(C)cc3)c3ccccc23)c2ccccc2)cc1. The van der Waals surface area contributed by atoms with Crippen molar-refractivity contribution in [2.24, 2.45) is 0 Å². The van der Waals surface area contributed by atoms with Gasteiger partial charge >= 0.3 is 0 Å². The number of fused-ring (bicyclic) bond motifs is 1. The molecule has 39 heavy (non-hydrogen) atoms. The molecule has 0 bridgehead atoms. The predicted molar refractivity (Wildman–Crippen MR) is 155 cm³/mol. The van der Waals surface area contributed by atoms with Crippen molar-refractivity contribution in [2.75, 3.05) is 0 Å². The topological polar surface area (TPSA) is 85.2 Å². The van der Waals surface area contributed by atoms with Gasteiger partial charge in [-0.05, 0) is 68.1 Å². The van der Waals surface area contributed by atoms with Crippen molar-refractivity contribution in [2.45, 2.75) is 42.5 Å². The minimum atomic E-state index is -3.82. The molecule has 0 amide bonds. The molecule has 1 heterocycles. The van der Waals surface area contributed by atoms with Crippen LogP contribution in [-0.2, 0) is 26.5 Å². The second-order valence-electron chi connectivity index (χ2n) is 9.72. The van der Waals surface area contributed by atoms with Crippen molar-refractivity contribution in [3.63, 3.8) is 0 Å². The van der Waals surface area contributed by atoms with E-state index in [0.29, 0.717) is 18.4 Å². The number of aryl methyl sites for hydroxylation is 3. The van der Waals surface area contributed by atoms with E-state index >= 15 is 0 Å². The first kappa shape index (κ1) is 26.9. The first-order valence-electron chi connectivity index (χ1n) is 12.7. The molecule has 1 N–H and O–H groups in total. The van der Waals surface area contributed by atoms with Gasteiger partial charge in [0.1, 0.15) is 0 Å². The van der Waals surface area contributed by atoms with E-state index in [4.69, 9.17) is 0 Å². The van der Waals surface area contributed by atoms with E-state index in [1.807, 2.05) is 62.4 Å². The molecule has 1 aromatic heterocycles. The van der Waals surface area contributed by atoms with Crippen LogP contribution < -0.4 is 4.72 Å². The van der Waals surface area contributed by atoms with Gasteiger partial charge in [0.15, 0.2) is 0 Å². The Hall–Kier alpha value is -3.72. The predicted octanol–water partition coefficient (Wildman–Crippen LogP) is 6.15. The molecule has 200 valence electrons. The molecule has 0 fully saturated rings. The van der Waals surface area contributed by atoms with Gasteiger partial charge in [0, 0.05) is 17.6 Å². The fourth-order valence-electron chi connectivity index (χ4n) is 4.69. The zero-order valence-corrected chi connectivity index (χ0v) is 23.4. The van der Waals surface area contributed by atoms with Crippen molar-refractivity contribution >= 4 is 30.9 Å². The van der Waals surface area contributed by atoms with Gasteiger partial charge in [-0.2, -0.15) is 0 Å². The summed E-state index contributed by atoms with van der Waals surface area (Å²) < 4.78 is 57.9. The van der Waals surface area contributed by atoms with Crippen molar-refractivity contribution in [3.8, 4) is 0 Å². The van der Waals surface area contributed by atoms with Gasteiger partial charge in [-0.25, -0.2) is 25.5 Å². The summed E-state index contributed by atoms with van der Waals surface area (Å²) in [6.45, 7) is 3.82. The van der Waals surface area contributed by atoms with E-state index in [0.717, 1.165) is 27.6 Å². The van der Waals surface area contributed by atoms with Crippen molar-refractivity contribution in [1.82, 2.24) is 8.69 Å². The molecule has 0 saturated carbocycles. The van der Waals surface area contributed by atoms with Gasteiger partial charge in [0.25, 0.3) is 10.0 Å². The number of hydrogen-bond donors (Lipinski definition) is 1. The van der Waals surface area contributed by atoms with Gasteiger partial charge in [-0.3, -0.25) is 0 Å². The third-order valence-electron chi connectivity index (χ3n) is 6.87. The number of rotatable bonds is 9. The van der Waals surface area contributed by atoms with Crippen molar-refractivity contribution < 1.29 is 16.8 Å². The molecule has 5 aromatic rings. The molecule has 0 aliphatic heterocycles. The number of sulfonamides is 1. The maximum atomic E-state index is 13.6. The summed E-state index contributed by atoms with van der Waals surface area (Å²) in [7, 11) is -7.60. The molecule has 1 unspecified atom stereocenters. The number of para-hydroxylation sites is 1. The van der Waals surface area contributed by atoms with Crippen LogP contribution in [0.5, 0.6) is 0 Å². The standard InChI is InChI=1S/C31H30N2O4S2/c1-23-12-17-27(18-13-23)38(34,35)32-30(25-8-4-3-5-9-25)21-16-26-22-33(31-11-7-6-10-29(26)31)39(36,37)28-19-14-24(2)15-20-28/h3-15,17-20,22,30,32H,16,21H2,1-2H3. The number of hydrogen-bond acceptors (Lipinski definition) is 4. The minimum Gasteiger partial charge on any atom is -0.241 e. The molecular formula is C31H30N2O4S2. The molecule has 8 heteroatoms. The average molecular weight is 559 g/mol. The van der Waals surface area contributed by atoms with Crippen molar-refractivity contribution in [3.05, 3.63) is 132 Å². The summed E-state index contributed by atoms with van der Waals surface area (Å²) in [6, 6.07) is 29.9. The van der Waals surface area contributed by atoms with Gasteiger partial charge in [-0.15, -0.1) is 0 Å². The molecule has 6 nitrogen and oxygen atoms in total. The normalized spacial score (nSPS) is 13.0. The summed E-state index contributed by atoms with van der Waals surface area (Å²) in [4.78, 5) is 0.420. The van der Waals surface area contributed by atoms with Crippen LogP contribution in [0.15, 0.2) is 119 Å². The number of benzene rings is 4. The van der Waals surface area contributed by atoms with Crippen LogP contribution in [-0.4, -0.2) is 20.8 Å². The van der Waals surface area contributed by atoms with E-state index in [-0.39, 0.29) is 9.79 Å². The second-order valence-corrected chi connectivity index (χ2v) is 13.3. The quantitative estimate of drug-likeness (QED) is 0.235. The molecular weight excluding hydrogens is 528 g/mol. The summed E-state index contributed by atoms with van der Waals surface area (Å²) in [5.41, 5.74) is 4.21. The highest BCUT2D eigenvalue weighted by Gasteiger charge is 2.24. The summed E-state index contributed by atoms with van der Waals surface area (Å²) in [6.07, 6.45) is 2.57. The van der Waals surface area contributed by atoms with E-state index in [1.54, 1.807) is 60.8 Å². The van der Waals surface area contributed by atoms with E-state index < -0.39 is 26.1 Å². The molecule has 5 rings (SSSR count). The van der Waals surface area contributed by atoms with Gasteiger partial charge < -0.3 is 0 Å². The Morgan fingerprint density at radius 2 is 1.26 bits per heavy atom. The highest BCUT2D eigenvalue weighted by atomic mass is 32.2. The number of nitrogens with zero attached hydrogens (tertiary/aromatic N) is 1. The van der Waals surface area contributed by atoms with Crippen LogP contribution in [0.4, 0.5) is 0 Å². The van der Waals surface area contributed by atoms with Crippen LogP contribution in [0.25, 0.3) is 10.9 Å². The molecule has 0 radical (unpaired) electrons. The fourth-order valence-corrected chi connectivity index (χ4v) is 7.34. The summed E-state index contributed by atoms with van der Waals surface area (Å²) >= 11 is 0. The monoisotopic (exact) mass is 558 g/mol. The highest BCUT2D eigenvalue weighted by Crippen LogP contribution is 2.29. The van der Waals surface area contributed by atoms with Gasteiger partial charge in [-0.1, -0.05) is 83.9 Å². The smallest absolute Gasteiger partial charge is 0.241 e. The molecule has 0 saturated heterocycles. The zero-order chi connectivity index (χ0) is 27.6. The molecule has 4 aromatic carbocycles. The summed E-state index contributed by atoms with van der Waals surface area (Å²) in [5.74, 6) is 0. The molecule has 0 spiro atoms.